The number of rotatable bonds is 7. The van der Waals surface area contributed by atoms with E-state index in [1.54, 1.807) is 12.4 Å². The van der Waals surface area contributed by atoms with E-state index in [1.165, 1.54) is 0 Å². The summed E-state index contributed by atoms with van der Waals surface area (Å²) in [5.74, 6) is -0.557. The summed E-state index contributed by atoms with van der Waals surface area (Å²) < 4.78 is 0. The fraction of sp³-hybridized carbons (Fsp3) is 0.0732. The summed E-state index contributed by atoms with van der Waals surface area (Å²) >= 11 is 0. The minimum absolute atomic E-state index is 0.278. The first-order valence-electron chi connectivity index (χ1n) is 15.8. The molecular weight excluding hydrogens is 594 g/mol. The number of nitrogens with one attached hydrogen (secondary N) is 2. The quantitative estimate of drug-likeness (QED) is 0.184. The number of anilines is 5. The predicted molar refractivity (Wildman–Crippen MR) is 195 cm³/mol. The molecule has 0 radical (unpaired) electrons. The standard InChI is InChI=1S/C41H33N5O2/c1-26-11-4-18-31(25-26)46(34-21-5-12-27(2)36(34)40(47)44-32-19-7-14-29-16-9-23-42-38(29)32)35-22-6-13-28(3)37(35)41(48)45-33-20-8-15-30-17-10-24-43-39(30)33/h4-25H,1-3H3,(H,44,47)(H,45,48). The summed E-state index contributed by atoms with van der Waals surface area (Å²) in [4.78, 5) is 39.7. The Morgan fingerprint density at radius 1 is 0.542 bits per heavy atom. The van der Waals surface area contributed by atoms with Gasteiger partial charge in [0.1, 0.15) is 0 Å². The SMILES string of the molecule is Cc1cccc(N(c2cccc(C)c2C(=O)Nc2cccc3cccnc23)c2cccc(C)c2C(=O)Nc2cccc3cccnc23)c1. The van der Waals surface area contributed by atoms with Crippen LogP contribution in [0.1, 0.15) is 37.4 Å². The molecule has 0 aliphatic heterocycles. The van der Waals surface area contributed by atoms with Crippen molar-refractivity contribution in [1.82, 2.24) is 9.97 Å². The molecule has 2 amide bonds. The molecule has 2 aromatic heterocycles. The van der Waals surface area contributed by atoms with Gasteiger partial charge in [0, 0.05) is 28.9 Å². The van der Waals surface area contributed by atoms with Crippen LogP contribution in [0.25, 0.3) is 21.8 Å². The third-order valence-corrected chi connectivity index (χ3v) is 8.46. The van der Waals surface area contributed by atoms with Gasteiger partial charge >= 0.3 is 0 Å². The van der Waals surface area contributed by atoms with Gasteiger partial charge in [0.2, 0.25) is 0 Å². The van der Waals surface area contributed by atoms with Crippen molar-refractivity contribution in [2.24, 2.45) is 0 Å². The van der Waals surface area contributed by atoms with Gasteiger partial charge in [-0.15, -0.1) is 0 Å². The lowest BCUT2D eigenvalue weighted by Gasteiger charge is -2.30. The van der Waals surface area contributed by atoms with Crippen LogP contribution in [0.15, 0.2) is 134 Å². The van der Waals surface area contributed by atoms with Gasteiger partial charge < -0.3 is 15.5 Å². The van der Waals surface area contributed by atoms with E-state index >= 15 is 0 Å². The molecular formula is C41H33N5O2. The summed E-state index contributed by atoms with van der Waals surface area (Å²) in [6.45, 7) is 5.87. The van der Waals surface area contributed by atoms with Gasteiger partial charge in [-0.25, -0.2) is 0 Å². The van der Waals surface area contributed by atoms with Crippen LogP contribution < -0.4 is 15.5 Å². The molecule has 0 saturated heterocycles. The lowest BCUT2D eigenvalue weighted by atomic mass is 9.99. The Kier molecular flexibility index (Phi) is 8.09. The number of carbonyl (C=O) groups excluding carboxylic acids is 2. The maximum absolute atomic E-state index is 14.3. The van der Waals surface area contributed by atoms with Gasteiger partial charge in [0.15, 0.2) is 0 Å². The number of carbonyl (C=O) groups is 2. The number of para-hydroxylation sites is 2. The molecule has 0 fully saturated rings. The number of hydrogen-bond donors (Lipinski definition) is 2. The van der Waals surface area contributed by atoms with Crippen molar-refractivity contribution >= 4 is 62.1 Å². The molecule has 7 nitrogen and oxygen atoms in total. The largest absolute Gasteiger partial charge is 0.320 e. The van der Waals surface area contributed by atoms with Crippen LogP contribution in [0.4, 0.5) is 28.4 Å². The van der Waals surface area contributed by atoms with Gasteiger partial charge in [-0.3, -0.25) is 19.6 Å². The predicted octanol–water partition coefficient (Wildman–Crippen LogP) is 9.68. The molecule has 234 valence electrons. The maximum Gasteiger partial charge on any atom is 0.258 e. The normalized spacial score (nSPS) is 11.0. The third kappa shape index (κ3) is 5.74. The average molecular weight is 628 g/mol. The fourth-order valence-electron chi connectivity index (χ4n) is 6.22. The Balaban J connectivity index is 1.38. The van der Waals surface area contributed by atoms with Crippen molar-refractivity contribution in [1.29, 1.82) is 0 Å². The Morgan fingerprint density at radius 3 is 1.50 bits per heavy atom. The summed E-state index contributed by atoms with van der Waals surface area (Å²) in [7, 11) is 0. The Labute approximate surface area is 278 Å². The molecule has 7 rings (SSSR count). The van der Waals surface area contributed by atoms with Crippen LogP contribution in [0.5, 0.6) is 0 Å². The number of aryl methyl sites for hydroxylation is 3. The maximum atomic E-state index is 14.3. The second-order valence-electron chi connectivity index (χ2n) is 11.8. The van der Waals surface area contributed by atoms with E-state index < -0.39 is 0 Å². The summed E-state index contributed by atoms with van der Waals surface area (Å²) in [6, 6.07) is 38.7. The highest BCUT2D eigenvalue weighted by Gasteiger charge is 2.27. The van der Waals surface area contributed by atoms with Crippen LogP contribution in [-0.4, -0.2) is 21.8 Å². The second-order valence-corrected chi connectivity index (χ2v) is 11.8. The highest BCUT2D eigenvalue weighted by Crippen LogP contribution is 2.41. The lowest BCUT2D eigenvalue weighted by molar-refractivity contribution is 0.101. The number of nitrogens with zero attached hydrogens (tertiary/aromatic N) is 3. The van der Waals surface area contributed by atoms with Gasteiger partial charge in [-0.05, 0) is 86.0 Å². The first-order chi connectivity index (χ1) is 23.4. The summed E-state index contributed by atoms with van der Waals surface area (Å²) in [6.07, 6.45) is 3.44. The Hall–Kier alpha value is -6.34. The Morgan fingerprint density at radius 2 is 1.00 bits per heavy atom. The van der Waals surface area contributed by atoms with E-state index in [0.29, 0.717) is 44.9 Å². The molecule has 0 spiro atoms. The van der Waals surface area contributed by atoms with E-state index in [2.05, 4.69) is 26.7 Å². The number of aromatic nitrogens is 2. The van der Waals surface area contributed by atoms with E-state index in [4.69, 9.17) is 0 Å². The molecule has 5 aromatic carbocycles. The number of amides is 2. The molecule has 0 saturated carbocycles. The number of hydrogen-bond acceptors (Lipinski definition) is 5. The minimum atomic E-state index is -0.278. The molecule has 0 aliphatic rings. The minimum Gasteiger partial charge on any atom is -0.320 e. The van der Waals surface area contributed by atoms with Gasteiger partial charge in [-0.1, -0.05) is 72.8 Å². The molecule has 0 aliphatic carbocycles. The van der Waals surface area contributed by atoms with Crippen LogP contribution in [0.2, 0.25) is 0 Å². The van der Waals surface area contributed by atoms with Crippen molar-refractivity contribution in [3.05, 3.63) is 162 Å². The number of fused-ring (bicyclic) bond motifs is 2. The zero-order chi connectivity index (χ0) is 33.2. The number of benzene rings is 5. The van der Waals surface area contributed by atoms with Crippen molar-refractivity contribution < 1.29 is 9.59 Å². The monoisotopic (exact) mass is 627 g/mol. The van der Waals surface area contributed by atoms with Crippen LogP contribution in [0, 0.1) is 20.8 Å². The third-order valence-electron chi connectivity index (χ3n) is 8.46. The van der Waals surface area contributed by atoms with Gasteiger partial charge in [-0.2, -0.15) is 0 Å². The molecule has 7 aromatic rings. The van der Waals surface area contributed by atoms with Crippen LogP contribution in [0.3, 0.4) is 0 Å². The van der Waals surface area contributed by atoms with Crippen molar-refractivity contribution in [3.8, 4) is 0 Å². The molecule has 0 bridgehead atoms. The topological polar surface area (TPSA) is 87.2 Å². The zero-order valence-corrected chi connectivity index (χ0v) is 26.9. The van der Waals surface area contributed by atoms with E-state index in [1.807, 2.05) is 141 Å². The molecule has 0 atom stereocenters. The van der Waals surface area contributed by atoms with Gasteiger partial charge in [0.25, 0.3) is 11.8 Å². The highest BCUT2D eigenvalue weighted by atomic mass is 16.2. The average Bonchev–Trinajstić information content (AvgIpc) is 3.09. The van der Waals surface area contributed by atoms with Crippen molar-refractivity contribution in [3.63, 3.8) is 0 Å². The van der Waals surface area contributed by atoms with Crippen LogP contribution in [-0.2, 0) is 0 Å². The van der Waals surface area contributed by atoms with E-state index in [-0.39, 0.29) is 11.8 Å². The zero-order valence-electron chi connectivity index (χ0n) is 26.9. The highest BCUT2D eigenvalue weighted by molar-refractivity contribution is 6.15. The Bertz CT molecular complexity index is 2200. The summed E-state index contributed by atoms with van der Waals surface area (Å²) in [5.41, 5.74) is 8.33. The van der Waals surface area contributed by atoms with Crippen LogP contribution >= 0.6 is 0 Å². The molecule has 48 heavy (non-hydrogen) atoms. The first kappa shape index (κ1) is 30.3. The molecule has 7 heteroatoms. The van der Waals surface area contributed by atoms with Crippen molar-refractivity contribution in [2.45, 2.75) is 20.8 Å². The molecule has 2 heterocycles. The van der Waals surface area contributed by atoms with Crippen molar-refractivity contribution in [2.75, 3.05) is 15.5 Å². The van der Waals surface area contributed by atoms with Gasteiger partial charge in [0.05, 0.1) is 44.9 Å². The van der Waals surface area contributed by atoms with E-state index in [9.17, 15) is 9.59 Å². The smallest absolute Gasteiger partial charge is 0.258 e. The first-order valence-corrected chi connectivity index (χ1v) is 15.8. The molecule has 0 unspecified atom stereocenters. The van der Waals surface area contributed by atoms with E-state index in [0.717, 1.165) is 33.2 Å². The lowest BCUT2D eigenvalue weighted by Crippen LogP contribution is -2.23. The fourth-order valence-corrected chi connectivity index (χ4v) is 6.22. The number of pyridine rings is 2. The second kappa shape index (κ2) is 12.8. The molecule has 2 N–H and O–H groups in total. The summed E-state index contributed by atoms with van der Waals surface area (Å²) in [5, 5.41) is 8.13.